The molecule has 27 heavy (non-hydrogen) atoms. The summed E-state index contributed by atoms with van der Waals surface area (Å²) < 4.78 is 32.4. The molecule has 3 rings (SSSR count). The van der Waals surface area contributed by atoms with Gasteiger partial charge in [0.2, 0.25) is 10.0 Å². The molecule has 7 nitrogen and oxygen atoms in total. The molecule has 144 valence electrons. The molecule has 0 aliphatic carbocycles. The Morgan fingerprint density at radius 1 is 1.30 bits per heavy atom. The Hall–Kier alpha value is -2.32. The molecule has 0 radical (unpaired) electrons. The Kier molecular flexibility index (Phi) is 5.30. The van der Waals surface area contributed by atoms with Crippen LogP contribution in [-0.4, -0.2) is 48.7 Å². The highest BCUT2D eigenvalue weighted by Gasteiger charge is 2.32. The first-order valence-electron chi connectivity index (χ1n) is 8.76. The fourth-order valence-corrected chi connectivity index (χ4v) is 4.47. The number of aliphatic imine (C=N–C) groups is 1. The van der Waals surface area contributed by atoms with Gasteiger partial charge in [-0.05, 0) is 50.8 Å². The van der Waals surface area contributed by atoms with E-state index in [4.69, 9.17) is 4.74 Å². The minimum atomic E-state index is -3.60. The van der Waals surface area contributed by atoms with Gasteiger partial charge in [-0.3, -0.25) is 4.98 Å². The maximum atomic E-state index is 12.9. The van der Waals surface area contributed by atoms with Gasteiger partial charge in [-0.15, -0.1) is 0 Å². The van der Waals surface area contributed by atoms with E-state index in [-0.39, 0.29) is 10.8 Å². The number of hydrogen-bond donors (Lipinski definition) is 0. The van der Waals surface area contributed by atoms with Crippen molar-refractivity contribution in [2.75, 3.05) is 13.1 Å². The molecule has 1 amide bonds. The Balaban J connectivity index is 1.70. The largest absolute Gasteiger partial charge is 0.442 e. The van der Waals surface area contributed by atoms with E-state index in [2.05, 4.69) is 9.98 Å². The number of aromatic nitrogens is 1. The van der Waals surface area contributed by atoms with Crippen molar-refractivity contribution >= 4 is 33.1 Å². The summed E-state index contributed by atoms with van der Waals surface area (Å²) in [6.45, 7) is 5.99. The molecule has 0 saturated carbocycles. The van der Waals surface area contributed by atoms with Crippen molar-refractivity contribution in [1.82, 2.24) is 9.29 Å². The van der Waals surface area contributed by atoms with Gasteiger partial charge in [0.1, 0.15) is 5.60 Å². The predicted octanol–water partition coefficient (Wildman–Crippen LogP) is 3.25. The number of rotatable bonds is 3. The van der Waals surface area contributed by atoms with E-state index in [0.717, 1.165) is 10.8 Å². The number of fused-ring (bicyclic) bond motifs is 1. The standard InChI is InChI=1S/C19H23N3O4S/c1-19(2,3)26-18(23)21-11-14-7-9-22(13-14)27(24,25)17-5-4-16-12-20-8-6-15(16)10-17/h4-6,8,10-12,14H,7,9,13H2,1-3H3/b21-11-. The number of amides is 1. The zero-order valence-electron chi connectivity index (χ0n) is 15.6. The summed E-state index contributed by atoms with van der Waals surface area (Å²) in [5.41, 5.74) is -0.606. The van der Waals surface area contributed by atoms with Crippen molar-refractivity contribution in [3.05, 3.63) is 36.7 Å². The van der Waals surface area contributed by atoms with Crippen LogP contribution in [0.3, 0.4) is 0 Å². The van der Waals surface area contributed by atoms with E-state index in [1.54, 1.807) is 57.4 Å². The first-order chi connectivity index (χ1) is 12.6. The van der Waals surface area contributed by atoms with Gasteiger partial charge in [-0.25, -0.2) is 13.2 Å². The number of nitrogens with zero attached hydrogens (tertiary/aromatic N) is 3. The zero-order chi connectivity index (χ0) is 19.7. The summed E-state index contributed by atoms with van der Waals surface area (Å²) in [5.74, 6) is -0.114. The Bertz CT molecular complexity index is 980. The quantitative estimate of drug-likeness (QED) is 0.752. The van der Waals surface area contributed by atoms with Gasteiger partial charge in [-0.2, -0.15) is 9.30 Å². The molecule has 1 unspecified atom stereocenters. The van der Waals surface area contributed by atoms with E-state index in [1.165, 1.54) is 10.5 Å². The molecule has 1 aromatic heterocycles. The summed E-state index contributed by atoms with van der Waals surface area (Å²) in [6.07, 6.45) is 4.79. The Morgan fingerprint density at radius 3 is 2.81 bits per heavy atom. The monoisotopic (exact) mass is 389 g/mol. The molecule has 0 bridgehead atoms. The van der Waals surface area contributed by atoms with E-state index in [0.29, 0.717) is 19.5 Å². The molecule has 1 saturated heterocycles. The highest BCUT2D eigenvalue weighted by Crippen LogP contribution is 2.26. The molecule has 1 aliphatic heterocycles. The van der Waals surface area contributed by atoms with Crippen LogP contribution in [0.15, 0.2) is 46.5 Å². The first kappa shape index (κ1) is 19.4. The zero-order valence-corrected chi connectivity index (χ0v) is 16.4. The van der Waals surface area contributed by atoms with E-state index < -0.39 is 21.7 Å². The third-order valence-corrected chi connectivity index (χ3v) is 6.08. The molecule has 8 heteroatoms. The normalized spacial score (nSPS) is 19.0. The predicted molar refractivity (Wildman–Crippen MR) is 103 cm³/mol. The number of carbonyl (C=O) groups is 1. The Morgan fingerprint density at radius 2 is 2.07 bits per heavy atom. The SMILES string of the molecule is CC(C)(C)OC(=O)/N=C\C1CCN(S(=O)(=O)c2ccc3cnccc3c2)C1. The van der Waals surface area contributed by atoms with Gasteiger partial charge in [0, 0.05) is 43.0 Å². The molecule has 1 aromatic carbocycles. The van der Waals surface area contributed by atoms with Crippen LogP contribution in [0.5, 0.6) is 0 Å². The van der Waals surface area contributed by atoms with Gasteiger partial charge in [0.25, 0.3) is 0 Å². The number of sulfonamides is 1. The topological polar surface area (TPSA) is 88.9 Å². The number of ether oxygens (including phenoxy) is 1. The summed E-state index contributed by atoms with van der Waals surface area (Å²) in [6, 6.07) is 6.80. The molecule has 1 atom stereocenters. The number of pyridine rings is 1. The van der Waals surface area contributed by atoms with Gasteiger partial charge >= 0.3 is 6.09 Å². The number of hydrogen-bond acceptors (Lipinski definition) is 5. The van der Waals surface area contributed by atoms with Crippen LogP contribution < -0.4 is 0 Å². The van der Waals surface area contributed by atoms with Gasteiger partial charge in [-0.1, -0.05) is 6.07 Å². The third kappa shape index (κ3) is 4.70. The van der Waals surface area contributed by atoms with Crippen LogP contribution in [0, 0.1) is 5.92 Å². The average molecular weight is 389 g/mol. The molecule has 1 aliphatic rings. The van der Waals surface area contributed by atoms with Crippen molar-refractivity contribution in [3.8, 4) is 0 Å². The smallest absolute Gasteiger partial charge is 0.433 e. The lowest BCUT2D eigenvalue weighted by molar-refractivity contribution is 0.0604. The van der Waals surface area contributed by atoms with Crippen LogP contribution in [0.1, 0.15) is 27.2 Å². The van der Waals surface area contributed by atoms with Gasteiger partial charge in [0.05, 0.1) is 4.90 Å². The number of benzene rings is 1. The minimum Gasteiger partial charge on any atom is -0.442 e. The first-order valence-corrected chi connectivity index (χ1v) is 10.2. The van der Waals surface area contributed by atoms with Crippen molar-refractivity contribution in [2.24, 2.45) is 10.9 Å². The molecular formula is C19H23N3O4S. The van der Waals surface area contributed by atoms with Crippen LogP contribution >= 0.6 is 0 Å². The van der Waals surface area contributed by atoms with Crippen molar-refractivity contribution in [1.29, 1.82) is 0 Å². The minimum absolute atomic E-state index is 0.114. The molecule has 1 fully saturated rings. The lowest BCUT2D eigenvalue weighted by Gasteiger charge is -2.17. The van der Waals surface area contributed by atoms with E-state index >= 15 is 0 Å². The highest BCUT2D eigenvalue weighted by molar-refractivity contribution is 7.89. The van der Waals surface area contributed by atoms with Crippen molar-refractivity contribution in [2.45, 2.75) is 37.7 Å². The van der Waals surface area contributed by atoms with Crippen LogP contribution in [0.4, 0.5) is 4.79 Å². The van der Waals surface area contributed by atoms with Gasteiger partial charge < -0.3 is 4.74 Å². The van der Waals surface area contributed by atoms with E-state index in [9.17, 15) is 13.2 Å². The number of carbonyl (C=O) groups excluding carboxylic acids is 1. The molecule has 0 N–H and O–H groups in total. The molecular weight excluding hydrogens is 366 g/mol. The lowest BCUT2D eigenvalue weighted by atomic mass is 10.1. The Labute approximate surface area is 159 Å². The van der Waals surface area contributed by atoms with Crippen molar-refractivity contribution in [3.63, 3.8) is 0 Å². The average Bonchev–Trinajstić information content (AvgIpc) is 3.08. The maximum absolute atomic E-state index is 12.9. The summed E-state index contributed by atoms with van der Waals surface area (Å²) in [4.78, 5) is 19.8. The van der Waals surface area contributed by atoms with Gasteiger partial charge in [0.15, 0.2) is 0 Å². The summed E-state index contributed by atoms with van der Waals surface area (Å²) >= 11 is 0. The fourth-order valence-electron chi connectivity index (χ4n) is 2.92. The van der Waals surface area contributed by atoms with Crippen molar-refractivity contribution < 1.29 is 17.9 Å². The third-order valence-electron chi connectivity index (χ3n) is 4.22. The van der Waals surface area contributed by atoms with Crippen LogP contribution in [0.2, 0.25) is 0 Å². The second-order valence-electron chi connectivity index (χ2n) is 7.55. The highest BCUT2D eigenvalue weighted by atomic mass is 32.2. The summed E-state index contributed by atoms with van der Waals surface area (Å²) in [5, 5.41) is 1.72. The summed E-state index contributed by atoms with van der Waals surface area (Å²) in [7, 11) is -3.60. The molecule has 0 spiro atoms. The lowest BCUT2D eigenvalue weighted by Crippen LogP contribution is -2.29. The molecule has 2 aromatic rings. The second-order valence-corrected chi connectivity index (χ2v) is 9.49. The molecule has 2 heterocycles. The maximum Gasteiger partial charge on any atom is 0.433 e. The van der Waals surface area contributed by atoms with E-state index in [1.807, 2.05) is 0 Å². The second kappa shape index (κ2) is 7.36. The van der Waals surface area contributed by atoms with Crippen LogP contribution in [0.25, 0.3) is 10.8 Å². The fraction of sp³-hybridized carbons (Fsp3) is 0.421. The van der Waals surface area contributed by atoms with Crippen LogP contribution in [-0.2, 0) is 14.8 Å².